The maximum Gasteiger partial charge on any atom is 0.264 e. The first-order valence-electron chi connectivity index (χ1n) is 9.63. The monoisotopic (exact) mass is 416 g/mol. The van der Waals surface area contributed by atoms with Gasteiger partial charge in [-0.1, -0.05) is 49.4 Å². The summed E-state index contributed by atoms with van der Waals surface area (Å²) in [5, 5.41) is 7.50. The van der Waals surface area contributed by atoms with Gasteiger partial charge in [0.2, 0.25) is 0 Å². The number of thiazole rings is 1. The Hall–Kier alpha value is -3.51. The number of carbonyl (C=O) groups is 2. The molecule has 0 unspecified atom stereocenters. The number of Topliss-reactive ketones (excluding diaryl/α,β-unsaturated/α-hetero) is 1. The second-order valence-corrected chi connectivity index (χ2v) is 7.56. The molecule has 0 saturated carbocycles. The number of nitrogens with one attached hydrogen (secondary N) is 1. The third-order valence-electron chi connectivity index (χ3n) is 4.68. The van der Waals surface area contributed by atoms with Gasteiger partial charge >= 0.3 is 0 Å². The lowest BCUT2D eigenvalue weighted by Crippen LogP contribution is -2.20. The topological polar surface area (TPSA) is 68.3 Å². The molecule has 0 radical (unpaired) electrons. The SMILES string of the molecule is CCC(=O)c1ccc(OCC(=O)Nc2nc(-c3cccc4ccccc34)cs2)cc1. The van der Waals surface area contributed by atoms with Gasteiger partial charge in [0.15, 0.2) is 17.5 Å². The molecule has 150 valence electrons. The van der Waals surface area contributed by atoms with Crippen molar-refractivity contribution in [3.63, 3.8) is 0 Å². The molecular formula is C24H20N2O3S. The smallest absolute Gasteiger partial charge is 0.264 e. The van der Waals surface area contributed by atoms with Gasteiger partial charge in [0.25, 0.3) is 5.91 Å². The number of nitrogens with zero attached hydrogens (tertiary/aromatic N) is 1. The van der Waals surface area contributed by atoms with Crippen LogP contribution in [0.2, 0.25) is 0 Å². The summed E-state index contributed by atoms with van der Waals surface area (Å²) in [6, 6.07) is 21.0. The maximum atomic E-state index is 12.2. The van der Waals surface area contributed by atoms with Crippen molar-refractivity contribution >= 4 is 38.9 Å². The molecule has 1 aromatic heterocycles. The van der Waals surface area contributed by atoms with Gasteiger partial charge in [0, 0.05) is 22.9 Å². The van der Waals surface area contributed by atoms with E-state index in [0.717, 1.165) is 22.0 Å². The predicted octanol–water partition coefficient (Wildman–Crippen LogP) is 5.57. The molecule has 6 heteroatoms. The lowest BCUT2D eigenvalue weighted by molar-refractivity contribution is -0.118. The van der Waals surface area contributed by atoms with Crippen molar-refractivity contribution in [3.8, 4) is 17.0 Å². The van der Waals surface area contributed by atoms with Crippen LogP contribution in [-0.2, 0) is 4.79 Å². The zero-order valence-electron chi connectivity index (χ0n) is 16.4. The number of aromatic nitrogens is 1. The summed E-state index contributed by atoms with van der Waals surface area (Å²) in [6.45, 7) is 1.69. The first-order chi connectivity index (χ1) is 14.6. The third-order valence-corrected chi connectivity index (χ3v) is 5.44. The molecule has 1 heterocycles. The minimum Gasteiger partial charge on any atom is -0.484 e. The molecule has 3 aromatic carbocycles. The van der Waals surface area contributed by atoms with Crippen LogP contribution in [0.15, 0.2) is 72.1 Å². The molecule has 0 spiro atoms. The fraction of sp³-hybridized carbons (Fsp3) is 0.125. The number of carbonyl (C=O) groups excluding carboxylic acids is 2. The van der Waals surface area contributed by atoms with Gasteiger partial charge in [0.1, 0.15) is 5.75 Å². The maximum absolute atomic E-state index is 12.2. The number of ketones is 1. The third kappa shape index (κ3) is 4.39. The highest BCUT2D eigenvalue weighted by molar-refractivity contribution is 7.14. The summed E-state index contributed by atoms with van der Waals surface area (Å²) in [6.07, 6.45) is 0.456. The van der Waals surface area contributed by atoms with Crippen LogP contribution in [-0.4, -0.2) is 23.3 Å². The Labute approximate surface area is 178 Å². The van der Waals surface area contributed by atoms with Gasteiger partial charge in [-0.3, -0.25) is 14.9 Å². The molecule has 0 aliphatic carbocycles. The van der Waals surface area contributed by atoms with E-state index < -0.39 is 0 Å². The van der Waals surface area contributed by atoms with Crippen LogP contribution in [0.3, 0.4) is 0 Å². The molecule has 0 saturated heterocycles. The van der Waals surface area contributed by atoms with E-state index in [1.807, 2.05) is 36.6 Å². The second-order valence-electron chi connectivity index (χ2n) is 6.70. The van der Waals surface area contributed by atoms with Gasteiger partial charge < -0.3 is 4.74 Å². The van der Waals surface area contributed by atoms with Crippen molar-refractivity contribution < 1.29 is 14.3 Å². The molecule has 1 amide bonds. The molecule has 0 aliphatic rings. The number of anilines is 1. The van der Waals surface area contributed by atoms with E-state index in [-0.39, 0.29) is 18.3 Å². The number of rotatable bonds is 7. The Morgan fingerprint density at radius 1 is 1.00 bits per heavy atom. The number of hydrogen-bond donors (Lipinski definition) is 1. The Bertz CT molecular complexity index is 1190. The Balaban J connectivity index is 1.39. The molecule has 0 fully saturated rings. The molecule has 1 N–H and O–H groups in total. The minimum atomic E-state index is -0.289. The van der Waals surface area contributed by atoms with E-state index in [4.69, 9.17) is 4.74 Å². The first-order valence-corrected chi connectivity index (χ1v) is 10.5. The standard InChI is InChI=1S/C24H20N2O3S/c1-2-22(27)17-10-12-18(13-11-17)29-14-23(28)26-24-25-21(15-30-24)20-9-5-7-16-6-3-4-8-19(16)20/h3-13,15H,2,14H2,1H3,(H,25,26,28). The fourth-order valence-corrected chi connectivity index (χ4v) is 3.88. The highest BCUT2D eigenvalue weighted by atomic mass is 32.1. The molecule has 0 bridgehead atoms. The van der Waals surface area contributed by atoms with Crippen LogP contribution in [0, 0.1) is 0 Å². The highest BCUT2D eigenvalue weighted by Crippen LogP contribution is 2.30. The van der Waals surface area contributed by atoms with Crippen LogP contribution in [0.25, 0.3) is 22.0 Å². The van der Waals surface area contributed by atoms with Crippen molar-refractivity contribution in [2.45, 2.75) is 13.3 Å². The van der Waals surface area contributed by atoms with E-state index in [1.165, 1.54) is 11.3 Å². The van der Waals surface area contributed by atoms with Crippen molar-refractivity contribution in [1.29, 1.82) is 0 Å². The zero-order chi connectivity index (χ0) is 20.9. The van der Waals surface area contributed by atoms with Gasteiger partial charge in [-0.15, -0.1) is 11.3 Å². The summed E-state index contributed by atoms with van der Waals surface area (Å²) in [5.74, 6) is 0.320. The predicted molar refractivity (Wildman–Crippen MR) is 120 cm³/mol. The van der Waals surface area contributed by atoms with E-state index in [9.17, 15) is 9.59 Å². The van der Waals surface area contributed by atoms with Crippen molar-refractivity contribution in [2.24, 2.45) is 0 Å². The second kappa shape index (κ2) is 8.88. The van der Waals surface area contributed by atoms with Crippen molar-refractivity contribution in [2.75, 3.05) is 11.9 Å². The van der Waals surface area contributed by atoms with E-state index in [2.05, 4.69) is 28.5 Å². The summed E-state index contributed by atoms with van der Waals surface area (Å²) in [5.41, 5.74) is 2.49. The average molecular weight is 417 g/mol. The Kier molecular flexibility index (Phi) is 5.86. The number of amides is 1. The quantitative estimate of drug-likeness (QED) is 0.400. The van der Waals surface area contributed by atoms with Crippen LogP contribution in [0.4, 0.5) is 5.13 Å². The van der Waals surface area contributed by atoms with Crippen LogP contribution < -0.4 is 10.1 Å². The zero-order valence-corrected chi connectivity index (χ0v) is 17.2. The van der Waals surface area contributed by atoms with E-state index in [1.54, 1.807) is 24.3 Å². The molecule has 4 rings (SSSR count). The molecule has 4 aromatic rings. The molecule has 5 nitrogen and oxygen atoms in total. The van der Waals surface area contributed by atoms with Crippen LogP contribution in [0.1, 0.15) is 23.7 Å². The normalized spacial score (nSPS) is 10.7. The molecular weight excluding hydrogens is 396 g/mol. The number of benzene rings is 3. The Morgan fingerprint density at radius 2 is 1.77 bits per heavy atom. The van der Waals surface area contributed by atoms with Gasteiger partial charge in [-0.2, -0.15) is 0 Å². The van der Waals surface area contributed by atoms with Crippen LogP contribution in [0.5, 0.6) is 5.75 Å². The summed E-state index contributed by atoms with van der Waals surface area (Å²) >= 11 is 1.37. The highest BCUT2D eigenvalue weighted by Gasteiger charge is 2.11. The summed E-state index contributed by atoms with van der Waals surface area (Å²) < 4.78 is 5.51. The van der Waals surface area contributed by atoms with Gasteiger partial charge in [-0.05, 0) is 35.0 Å². The number of ether oxygens (including phenoxy) is 1. The molecule has 30 heavy (non-hydrogen) atoms. The van der Waals surface area contributed by atoms with Crippen molar-refractivity contribution in [3.05, 3.63) is 77.7 Å². The minimum absolute atomic E-state index is 0.0741. The lowest BCUT2D eigenvalue weighted by atomic mass is 10.0. The van der Waals surface area contributed by atoms with Gasteiger partial charge in [0.05, 0.1) is 5.69 Å². The first kappa shape index (κ1) is 19.8. The Morgan fingerprint density at radius 3 is 2.57 bits per heavy atom. The number of fused-ring (bicyclic) bond motifs is 1. The summed E-state index contributed by atoms with van der Waals surface area (Å²) in [7, 11) is 0. The average Bonchev–Trinajstić information content (AvgIpc) is 3.25. The summed E-state index contributed by atoms with van der Waals surface area (Å²) in [4.78, 5) is 28.5. The van der Waals surface area contributed by atoms with Crippen molar-refractivity contribution in [1.82, 2.24) is 4.98 Å². The van der Waals surface area contributed by atoms with Gasteiger partial charge in [-0.25, -0.2) is 4.98 Å². The molecule has 0 aliphatic heterocycles. The van der Waals surface area contributed by atoms with E-state index >= 15 is 0 Å². The fourth-order valence-electron chi connectivity index (χ4n) is 3.15. The molecule has 0 atom stereocenters. The lowest BCUT2D eigenvalue weighted by Gasteiger charge is -2.06. The largest absolute Gasteiger partial charge is 0.484 e. The van der Waals surface area contributed by atoms with E-state index in [0.29, 0.717) is 22.9 Å². The van der Waals surface area contributed by atoms with Crippen LogP contribution >= 0.6 is 11.3 Å². The number of hydrogen-bond acceptors (Lipinski definition) is 5.